The van der Waals surface area contributed by atoms with E-state index in [2.05, 4.69) is 10.2 Å². The highest BCUT2D eigenvalue weighted by Gasteiger charge is 2.40. The number of aromatic amines is 1. The van der Waals surface area contributed by atoms with Gasteiger partial charge in [0.15, 0.2) is 0 Å². The molecule has 2 heterocycles. The summed E-state index contributed by atoms with van der Waals surface area (Å²) in [4.78, 5) is 24.2. The molecule has 1 aromatic rings. The molecule has 3 N–H and O–H groups in total. The van der Waals surface area contributed by atoms with Gasteiger partial charge in [-0.15, -0.1) is 0 Å². The number of hydrogen-bond donors (Lipinski definition) is 2. The van der Waals surface area contributed by atoms with Gasteiger partial charge in [0.1, 0.15) is 5.69 Å². The molecule has 1 saturated heterocycles. The Morgan fingerprint density at radius 3 is 2.81 bits per heavy atom. The molecule has 1 fully saturated rings. The lowest BCUT2D eigenvalue weighted by Gasteiger charge is -2.47. The van der Waals surface area contributed by atoms with Crippen molar-refractivity contribution in [2.24, 2.45) is 5.73 Å². The van der Waals surface area contributed by atoms with Gasteiger partial charge in [-0.3, -0.25) is 9.59 Å². The third kappa shape index (κ3) is 1.83. The van der Waals surface area contributed by atoms with Gasteiger partial charge >= 0.3 is 0 Å². The molecule has 0 saturated carbocycles. The number of rotatable bonds is 2. The van der Waals surface area contributed by atoms with Crippen LogP contribution >= 0.6 is 0 Å². The Labute approximate surface area is 92.4 Å². The first kappa shape index (κ1) is 10.8. The zero-order chi connectivity index (χ0) is 11.8. The van der Waals surface area contributed by atoms with E-state index in [1.54, 1.807) is 4.90 Å². The van der Waals surface area contributed by atoms with Gasteiger partial charge in [-0.05, 0) is 12.5 Å². The minimum absolute atomic E-state index is 0.189. The summed E-state index contributed by atoms with van der Waals surface area (Å²) in [5.41, 5.74) is 5.64. The van der Waals surface area contributed by atoms with Gasteiger partial charge in [0.2, 0.25) is 0 Å². The van der Waals surface area contributed by atoms with Crippen molar-refractivity contribution in [3.8, 4) is 0 Å². The van der Waals surface area contributed by atoms with Crippen molar-refractivity contribution < 1.29 is 4.79 Å². The van der Waals surface area contributed by atoms with Crippen LogP contribution in [0.3, 0.4) is 0 Å². The van der Waals surface area contributed by atoms with Gasteiger partial charge in [0.25, 0.3) is 11.5 Å². The minimum Gasteiger partial charge on any atom is -0.333 e. The number of carbonyl (C=O) groups excluding carboxylic acids is 1. The number of nitrogens with zero attached hydrogens (tertiary/aromatic N) is 2. The van der Waals surface area contributed by atoms with Crippen molar-refractivity contribution in [3.63, 3.8) is 0 Å². The largest absolute Gasteiger partial charge is 0.333 e. The van der Waals surface area contributed by atoms with Crippen LogP contribution in [0.4, 0.5) is 0 Å². The number of nitrogens with two attached hydrogens (primary N) is 1. The molecule has 6 nitrogen and oxygen atoms in total. The highest BCUT2D eigenvalue weighted by Crippen LogP contribution is 2.22. The summed E-state index contributed by atoms with van der Waals surface area (Å²) in [5.74, 6) is -0.189. The molecular formula is C10H14N4O2. The standard InChI is InChI=1S/C10H14N4O2/c1-2-10(11)5-14(6-10)9(16)7-3-4-8(15)13-12-7/h3-4H,2,5-6,11H2,1H3,(H,13,15). The molecule has 16 heavy (non-hydrogen) atoms. The number of H-pyrrole nitrogens is 1. The van der Waals surface area contributed by atoms with Crippen LogP contribution < -0.4 is 11.3 Å². The first-order chi connectivity index (χ1) is 7.54. The van der Waals surface area contributed by atoms with E-state index in [0.717, 1.165) is 6.42 Å². The molecule has 2 rings (SSSR count). The summed E-state index contributed by atoms with van der Waals surface area (Å²) < 4.78 is 0. The molecule has 0 aliphatic carbocycles. The van der Waals surface area contributed by atoms with Crippen LogP contribution in [0, 0.1) is 0 Å². The third-order valence-corrected chi connectivity index (χ3v) is 2.90. The second-order valence-electron chi connectivity index (χ2n) is 4.18. The van der Waals surface area contributed by atoms with Crippen molar-refractivity contribution in [2.45, 2.75) is 18.9 Å². The molecule has 0 bridgehead atoms. The third-order valence-electron chi connectivity index (χ3n) is 2.90. The normalized spacial score (nSPS) is 18.0. The molecule has 1 aliphatic rings. The van der Waals surface area contributed by atoms with Crippen molar-refractivity contribution >= 4 is 5.91 Å². The van der Waals surface area contributed by atoms with E-state index in [-0.39, 0.29) is 22.7 Å². The van der Waals surface area contributed by atoms with Crippen LogP contribution in [0.15, 0.2) is 16.9 Å². The van der Waals surface area contributed by atoms with Crippen molar-refractivity contribution in [3.05, 3.63) is 28.2 Å². The van der Waals surface area contributed by atoms with E-state index in [4.69, 9.17) is 5.73 Å². The first-order valence-corrected chi connectivity index (χ1v) is 5.18. The Kier molecular flexibility index (Phi) is 2.51. The molecular weight excluding hydrogens is 208 g/mol. The summed E-state index contributed by atoms with van der Waals surface area (Å²) in [5, 5.41) is 5.92. The number of hydrogen-bond acceptors (Lipinski definition) is 4. The van der Waals surface area contributed by atoms with E-state index in [9.17, 15) is 9.59 Å². The van der Waals surface area contributed by atoms with Gasteiger partial charge in [-0.2, -0.15) is 5.10 Å². The fraction of sp³-hybridized carbons (Fsp3) is 0.500. The van der Waals surface area contributed by atoms with E-state index in [1.165, 1.54) is 12.1 Å². The van der Waals surface area contributed by atoms with Crippen LogP contribution in [0.5, 0.6) is 0 Å². The number of carbonyl (C=O) groups is 1. The van der Waals surface area contributed by atoms with Gasteiger partial charge in [0.05, 0.1) is 5.54 Å². The molecule has 0 atom stereocenters. The topological polar surface area (TPSA) is 92.1 Å². The van der Waals surface area contributed by atoms with Gasteiger partial charge in [-0.25, -0.2) is 5.10 Å². The second kappa shape index (κ2) is 3.71. The molecule has 86 valence electrons. The molecule has 6 heteroatoms. The number of amides is 1. The van der Waals surface area contributed by atoms with Gasteiger partial charge in [-0.1, -0.05) is 6.92 Å². The van der Waals surface area contributed by atoms with Crippen molar-refractivity contribution in [1.29, 1.82) is 0 Å². The van der Waals surface area contributed by atoms with Crippen molar-refractivity contribution in [1.82, 2.24) is 15.1 Å². The summed E-state index contributed by atoms with van der Waals surface area (Å²) in [7, 11) is 0. The smallest absolute Gasteiger partial charge is 0.274 e. The maximum Gasteiger partial charge on any atom is 0.274 e. The average Bonchev–Trinajstić information content (AvgIpc) is 2.25. The SMILES string of the molecule is CCC1(N)CN(C(=O)c2ccc(=O)[nH]n2)C1. The highest BCUT2D eigenvalue weighted by molar-refractivity contribution is 5.92. The molecule has 1 aliphatic heterocycles. The lowest BCUT2D eigenvalue weighted by atomic mass is 9.88. The van der Waals surface area contributed by atoms with E-state index in [1.807, 2.05) is 6.92 Å². The number of nitrogens with one attached hydrogen (secondary N) is 1. The first-order valence-electron chi connectivity index (χ1n) is 5.18. The van der Waals surface area contributed by atoms with Crippen LogP contribution in [-0.4, -0.2) is 39.6 Å². The van der Waals surface area contributed by atoms with E-state index >= 15 is 0 Å². The molecule has 0 aromatic carbocycles. The lowest BCUT2D eigenvalue weighted by Crippen LogP contribution is -2.68. The quantitative estimate of drug-likeness (QED) is 0.694. The summed E-state index contributed by atoms with van der Waals surface area (Å²) in [6.07, 6.45) is 0.843. The second-order valence-corrected chi connectivity index (χ2v) is 4.18. The van der Waals surface area contributed by atoms with Crippen LogP contribution in [0.25, 0.3) is 0 Å². The lowest BCUT2D eigenvalue weighted by molar-refractivity contribution is 0.0394. The zero-order valence-electron chi connectivity index (χ0n) is 9.06. The number of likely N-dealkylation sites (tertiary alicyclic amines) is 1. The fourth-order valence-corrected chi connectivity index (χ4v) is 1.71. The molecule has 1 amide bonds. The van der Waals surface area contributed by atoms with E-state index in [0.29, 0.717) is 13.1 Å². The van der Waals surface area contributed by atoms with Crippen LogP contribution in [0.2, 0.25) is 0 Å². The van der Waals surface area contributed by atoms with E-state index < -0.39 is 0 Å². The Morgan fingerprint density at radius 1 is 1.62 bits per heavy atom. The predicted octanol–water partition coefficient (Wildman–Crippen LogP) is -0.667. The molecule has 1 aromatic heterocycles. The van der Waals surface area contributed by atoms with Gasteiger partial charge in [0, 0.05) is 19.2 Å². The maximum absolute atomic E-state index is 11.8. The Balaban J connectivity index is 2.05. The van der Waals surface area contributed by atoms with Crippen LogP contribution in [0.1, 0.15) is 23.8 Å². The van der Waals surface area contributed by atoms with Crippen LogP contribution in [-0.2, 0) is 0 Å². The summed E-state index contributed by atoms with van der Waals surface area (Å²) in [6, 6.07) is 2.71. The maximum atomic E-state index is 11.8. The molecule has 0 spiro atoms. The zero-order valence-corrected chi connectivity index (χ0v) is 9.06. The molecule has 0 radical (unpaired) electrons. The van der Waals surface area contributed by atoms with Gasteiger partial charge < -0.3 is 10.6 Å². The van der Waals surface area contributed by atoms with Crippen molar-refractivity contribution in [2.75, 3.05) is 13.1 Å². The summed E-state index contributed by atoms with van der Waals surface area (Å²) >= 11 is 0. The minimum atomic E-state index is -0.318. The average molecular weight is 222 g/mol. The Bertz CT molecular complexity index is 442. The Morgan fingerprint density at radius 2 is 2.31 bits per heavy atom. The summed E-state index contributed by atoms with van der Waals surface area (Å²) in [6.45, 7) is 3.09. The number of aromatic nitrogens is 2. The highest BCUT2D eigenvalue weighted by atomic mass is 16.2. The monoisotopic (exact) mass is 222 g/mol. The fourth-order valence-electron chi connectivity index (χ4n) is 1.71. The Hall–Kier alpha value is -1.69. The predicted molar refractivity (Wildman–Crippen MR) is 58.0 cm³/mol. The molecule has 0 unspecified atom stereocenters.